The number of benzene rings is 2. The van der Waals surface area contributed by atoms with Crippen molar-refractivity contribution in [3.63, 3.8) is 0 Å². The van der Waals surface area contributed by atoms with E-state index in [9.17, 15) is 4.39 Å². The van der Waals surface area contributed by atoms with Gasteiger partial charge in [-0.05, 0) is 35.9 Å². The smallest absolute Gasteiger partial charge is 0.146 e. The first-order chi connectivity index (χ1) is 9.81. The second kappa shape index (κ2) is 5.48. The molecule has 0 unspecified atom stereocenters. The lowest BCUT2D eigenvalue weighted by molar-refractivity contribution is 0.627. The number of hydrazone groups is 1. The predicted octanol–water partition coefficient (Wildman–Crippen LogP) is 3.82. The first kappa shape index (κ1) is 12.3. The largest absolute Gasteiger partial charge is 0.261 e. The molecule has 0 saturated carbocycles. The van der Waals surface area contributed by atoms with Gasteiger partial charge < -0.3 is 0 Å². The van der Waals surface area contributed by atoms with E-state index in [1.807, 2.05) is 36.4 Å². The summed E-state index contributed by atoms with van der Waals surface area (Å²) in [7, 11) is 0. The van der Waals surface area contributed by atoms with Crippen LogP contribution in [0.5, 0.6) is 0 Å². The zero-order valence-corrected chi connectivity index (χ0v) is 10.6. The number of para-hydroxylation sites is 1. The van der Waals surface area contributed by atoms with Gasteiger partial charge in [0.05, 0.1) is 11.7 Å². The van der Waals surface area contributed by atoms with Crippen molar-refractivity contribution in [1.29, 1.82) is 0 Å². The van der Waals surface area contributed by atoms with Gasteiger partial charge >= 0.3 is 0 Å². The molecule has 0 aliphatic heterocycles. The lowest BCUT2D eigenvalue weighted by Gasteiger charge is -2.01. The molecule has 1 aromatic heterocycles. The quantitative estimate of drug-likeness (QED) is 0.577. The number of halogens is 1. The van der Waals surface area contributed by atoms with Crippen LogP contribution in [0.4, 0.5) is 10.2 Å². The minimum absolute atomic E-state index is 0.280. The zero-order valence-electron chi connectivity index (χ0n) is 10.6. The molecule has 0 bridgehead atoms. The van der Waals surface area contributed by atoms with Crippen molar-refractivity contribution in [2.24, 2.45) is 5.10 Å². The van der Waals surface area contributed by atoms with Crippen molar-refractivity contribution in [3.8, 4) is 0 Å². The number of nitrogens with one attached hydrogen (secondary N) is 1. The Morgan fingerprint density at radius 3 is 2.80 bits per heavy atom. The molecule has 1 N–H and O–H groups in total. The zero-order chi connectivity index (χ0) is 13.8. The molecule has 4 heteroatoms. The van der Waals surface area contributed by atoms with Crippen LogP contribution < -0.4 is 5.43 Å². The second-order valence-corrected chi connectivity index (χ2v) is 4.31. The first-order valence-corrected chi connectivity index (χ1v) is 6.22. The van der Waals surface area contributed by atoms with Crippen molar-refractivity contribution >= 4 is 22.9 Å². The Labute approximate surface area is 115 Å². The maximum Gasteiger partial charge on any atom is 0.146 e. The van der Waals surface area contributed by atoms with Crippen LogP contribution in [0.15, 0.2) is 65.8 Å². The van der Waals surface area contributed by atoms with Gasteiger partial charge in [-0.15, -0.1) is 0 Å². The van der Waals surface area contributed by atoms with Gasteiger partial charge in [0, 0.05) is 5.39 Å². The molecule has 0 atom stereocenters. The molecule has 0 aliphatic rings. The third kappa shape index (κ3) is 2.80. The van der Waals surface area contributed by atoms with E-state index in [1.165, 1.54) is 12.1 Å². The van der Waals surface area contributed by atoms with E-state index in [2.05, 4.69) is 15.5 Å². The first-order valence-electron chi connectivity index (χ1n) is 6.22. The molecule has 20 heavy (non-hydrogen) atoms. The highest BCUT2D eigenvalue weighted by atomic mass is 19.1. The van der Waals surface area contributed by atoms with Crippen LogP contribution in [0, 0.1) is 5.82 Å². The minimum Gasteiger partial charge on any atom is -0.261 e. The van der Waals surface area contributed by atoms with E-state index >= 15 is 0 Å². The summed E-state index contributed by atoms with van der Waals surface area (Å²) in [6.45, 7) is 0. The van der Waals surface area contributed by atoms with Crippen LogP contribution in [-0.4, -0.2) is 11.2 Å². The monoisotopic (exact) mass is 265 g/mol. The van der Waals surface area contributed by atoms with Gasteiger partial charge in [-0.3, -0.25) is 5.43 Å². The Morgan fingerprint density at radius 1 is 1.00 bits per heavy atom. The van der Waals surface area contributed by atoms with E-state index < -0.39 is 0 Å². The van der Waals surface area contributed by atoms with Crippen LogP contribution >= 0.6 is 0 Å². The van der Waals surface area contributed by atoms with Crippen molar-refractivity contribution in [2.75, 3.05) is 5.43 Å². The lowest BCUT2D eigenvalue weighted by Crippen LogP contribution is -1.94. The molecule has 0 saturated heterocycles. The van der Waals surface area contributed by atoms with Crippen molar-refractivity contribution in [1.82, 2.24) is 4.98 Å². The number of fused-ring (bicyclic) bond motifs is 1. The predicted molar refractivity (Wildman–Crippen MR) is 79.4 cm³/mol. The third-order valence-electron chi connectivity index (χ3n) is 2.84. The van der Waals surface area contributed by atoms with Crippen LogP contribution in [-0.2, 0) is 0 Å². The summed E-state index contributed by atoms with van der Waals surface area (Å²) in [5.41, 5.74) is 4.43. The summed E-state index contributed by atoms with van der Waals surface area (Å²) in [6.07, 6.45) is 1.56. The average molecular weight is 265 g/mol. The molecule has 0 aliphatic carbocycles. The van der Waals surface area contributed by atoms with Gasteiger partial charge in [-0.25, -0.2) is 9.37 Å². The molecular weight excluding hydrogens is 253 g/mol. The maximum atomic E-state index is 13.0. The molecule has 2 aromatic carbocycles. The molecule has 3 nitrogen and oxygen atoms in total. The van der Waals surface area contributed by atoms with Crippen LogP contribution in [0.2, 0.25) is 0 Å². The normalized spacial score (nSPS) is 11.1. The van der Waals surface area contributed by atoms with E-state index in [-0.39, 0.29) is 5.82 Å². The highest BCUT2D eigenvalue weighted by molar-refractivity contribution is 5.81. The van der Waals surface area contributed by atoms with Crippen molar-refractivity contribution < 1.29 is 4.39 Å². The summed E-state index contributed by atoms with van der Waals surface area (Å²) in [5.74, 6) is 0.370. The number of aromatic nitrogens is 1. The molecule has 0 amide bonds. The standard InChI is InChI=1S/C16H12FN3/c17-14-6-3-4-12(10-14)11-18-20-16-9-8-13-5-1-2-7-15(13)19-16/h1-11H,(H,19,20)/b18-11+. The van der Waals surface area contributed by atoms with E-state index in [4.69, 9.17) is 0 Å². The van der Waals surface area contributed by atoms with Gasteiger partial charge in [-0.1, -0.05) is 30.3 Å². The fraction of sp³-hybridized carbons (Fsp3) is 0. The van der Waals surface area contributed by atoms with Gasteiger partial charge in [0.1, 0.15) is 11.6 Å². The summed E-state index contributed by atoms with van der Waals surface area (Å²) < 4.78 is 13.0. The third-order valence-corrected chi connectivity index (χ3v) is 2.84. The van der Waals surface area contributed by atoms with E-state index in [1.54, 1.807) is 18.3 Å². The maximum absolute atomic E-state index is 13.0. The summed E-state index contributed by atoms with van der Waals surface area (Å²) in [4.78, 5) is 4.43. The highest BCUT2D eigenvalue weighted by Gasteiger charge is 1.96. The summed E-state index contributed by atoms with van der Waals surface area (Å²) in [5, 5.41) is 5.13. The van der Waals surface area contributed by atoms with Crippen LogP contribution in [0.3, 0.4) is 0 Å². The number of pyridine rings is 1. The lowest BCUT2D eigenvalue weighted by atomic mass is 10.2. The Morgan fingerprint density at radius 2 is 1.90 bits per heavy atom. The number of nitrogens with zero attached hydrogens (tertiary/aromatic N) is 2. The van der Waals surface area contributed by atoms with Crippen molar-refractivity contribution in [3.05, 3.63) is 72.0 Å². The SMILES string of the molecule is Fc1cccc(/C=N/Nc2ccc3ccccc3n2)c1. The molecule has 3 rings (SSSR count). The molecule has 98 valence electrons. The number of hydrogen-bond donors (Lipinski definition) is 1. The van der Waals surface area contributed by atoms with Crippen LogP contribution in [0.1, 0.15) is 5.56 Å². The molecule has 0 spiro atoms. The van der Waals surface area contributed by atoms with Gasteiger partial charge in [0.2, 0.25) is 0 Å². The fourth-order valence-electron chi connectivity index (χ4n) is 1.89. The molecule has 1 heterocycles. The van der Waals surface area contributed by atoms with Gasteiger partial charge in [0.25, 0.3) is 0 Å². The second-order valence-electron chi connectivity index (χ2n) is 4.31. The molecule has 3 aromatic rings. The van der Waals surface area contributed by atoms with Crippen molar-refractivity contribution in [2.45, 2.75) is 0 Å². The average Bonchev–Trinajstić information content (AvgIpc) is 2.47. The summed E-state index contributed by atoms with van der Waals surface area (Å²) in [6, 6.07) is 17.9. The van der Waals surface area contributed by atoms with Gasteiger partial charge in [0.15, 0.2) is 0 Å². The summed E-state index contributed by atoms with van der Waals surface area (Å²) >= 11 is 0. The Kier molecular flexibility index (Phi) is 3.37. The Bertz CT molecular complexity index is 768. The molecule has 0 radical (unpaired) electrons. The van der Waals surface area contributed by atoms with Gasteiger partial charge in [-0.2, -0.15) is 5.10 Å². The number of rotatable bonds is 3. The fourth-order valence-corrected chi connectivity index (χ4v) is 1.89. The minimum atomic E-state index is -0.280. The van der Waals surface area contributed by atoms with E-state index in [0.29, 0.717) is 11.4 Å². The topological polar surface area (TPSA) is 37.3 Å². The number of hydrogen-bond acceptors (Lipinski definition) is 3. The Balaban J connectivity index is 1.76. The highest BCUT2D eigenvalue weighted by Crippen LogP contribution is 2.14. The molecular formula is C16H12FN3. The number of anilines is 1. The van der Waals surface area contributed by atoms with E-state index in [0.717, 1.165) is 10.9 Å². The molecule has 0 fully saturated rings. The Hall–Kier alpha value is -2.75. The van der Waals surface area contributed by atoms with Crippen LogP contribution in [0.25, 0.3) is 10.9 Å².